The third kappa shape index (κ3) is 1.76. The Labute approximate surface area is 112 Å². The smallest absolute Gasteiger partial charge is 0.154 e. The third-order valence-corrected chi connectivity index (χ3v) is 4.23. The van der Waals surface area contributed by atoms with Crippen molar-refractivity contribution in [1.29, 1.82) is 0 Å². The summed E-state index contributed by atoms with van der Waals surface area (Å²) in [4.78, 5) is 4.08. The highest BCUT2D eigenvalue weighted by Crippen LogP contribution is 2.46. The highest BCUT2D eigenvalue weighted by Gasteiger charge is 2.40. The highest BCUT2D eigenvalue weighted by atomic mass is 15.3. The second-order valence-corrected chi connectivity index (χ2v) is 5.56. The number of pyridine rings is 1. The van der Waals surface area contributed by atoms with E-state index in [0.717, 1.165) is 24.8 Å². The third-order valence-electron chi connectivity index (χ3n) is 4.23. The maximum Gasteiger partial charge on any atom is 0.154 e. The average molecular weight is 255 g/mol. The maximum atomic E-state index is 4.44. The van der Waals surface area contributed by atoms with Gasteiger partial charge in [0.2, 0.25) is 0 Å². The van der Waals surface area contributed by atoms with Gasteiger partial charge in [-0.15, -0.1) is 10.2 Å². The van der Waals surface area contributed by atoms with Crippen LogP contribution in [0.5, 0.6) is 0 Å². The molecule has 0 aromatic carbocycles. The molecular formula is C14H17N5. The van der Waals surface area contributed by atoms with E-state index in [9.17, 15) is 0 Å². The van der Waals surface area contributed by atoms with Gasteiger partial charge in [-0.2, -0.15) is 0 Å². The first-order valence-electron chi connectivity index (χ1n) is 6.91. The standard InChI is InChI=1S/C14H17N5/c1-9-8-11(9)13-17-18-14-12(16-6-7-19(13)14)10-2-4-15-5-3-10/h2-5,9,11-12,16H,6-8H2,1H3. The van der Waals surface area contributed by atoms with Crippen LogP contribution >= 0.6 is 0 Å². The van der Waals surface area contributed by atoms with Crippen LogP contribution in [0.4, 0.5) is 0 Å². The summed E-state index contributed by atoms with van der Waals surface area (Å²) in [5, 5.41) is 12.4. The quantitative estimate of drug-likeness (QED) is 0.883. The van der Waals surface area contributed by atoms with Gasteiger partial charge in [-0.05, 0) is 30.0 Å². The molecule has 0 spiro atoms. The monoisotopic (exact) mass is 255 g/mol. The van der Waals surface area contributed by atoms with Crippen LogP contribution < -0.4 is 5.32 Å². The zero-order valence-corrected chi connectivity index (χ0v) is 11.0. The summed E-state index contributed by atoms with van der Waals surface area (Å²) >= 11 is 0. The van der Waals surface area contributed by atoms with E-state index in [1.807, 2.05) is 24.5 Å². The number of nitrogens with zero attached hydrogens (tertiary/aromatic N) is 4. The summed E-state index contributed by atoms with van der Waals surface area (Å²) in [6.07, 6.45) is 4.91. The SMILES string of the molecule is CC1CC1c1nnc2n1CCNC2c1ccncc1. The van der Waals surface area contributed by atoms with E-state index < -0.39 is 0 Å². The van der Waals surface area contributed by atoms with Crippen molar-refractivity contribution < 1.29 is 0 Å². The Kier molecular flexibility index (Phi) is 2.41. The molecule has 4 rings (SSSR count). The van der Waals surface area contributed by atoms with E-state index >= 15 is 0 Å². The van der Waals surface area contributed by atoms with E-state index in [1.54, 1.807) is 0 Å². The van der Waals surface area contributed by atoms with Crippen LogP contribution in [-0.2, 0) is 6.54 Å². The lowest BCUT2D eigenvalue weighted by molar-refractivity contribution is 0.446. The summed E-state index contributed by atoms with van der Waals surface area (Å²) in [6.45, 7) is 4.22. The molecule has 2 aromatic heterocycles. The van der Waals surface area contributed by atoms with E-state index in [0.29, 0.717) is 5.92 Å². The molecule has 3 unspecified atom stereocenters. The first-order chi connectivity index (χ1) is 9.34. The molecule has 3 atom stereocenters. The summed E-state index contributed by atoms with van der Waals surface area (Å²) in [5.74, 6) is 3.62. The topological polar surface area (TPSA) is 55.6 Å². The van der Waals surface area contributed by atoms with Gasteiger partial charge in [0.05, 0.1) is 6.04 Å². The van der Waals surface area contributed by atoms with Crippen LogP contribution in [0.2, 0.25) is 0 Å². The number of hydrogen-bond acceptors (Lipinski definition) is 4. The van der Waals surface area contributed by atoms with Gasteiger partial charge < -0.3 is 9.88 Å². The second kappa shape index (κ2) is 4.13. The van der Waals surface area contributed by atoms with E-state index in [-0.39, 0.29) is 6.04 Å². The molecule has 98 valence electrons. The van der Waals surface area contributed by atoms with Gasteiger partial charge in [0.15, 0.2) is 5.82 Å². The molecule has 2 aromatic rings. The predicted octanol–water partition coefficient (Wildman–Crippen LogP) is 1.49. The molecule has 2 aliphatic rings. The maximum absolute atomic E-state index is 4.44. The molecule has 3 heterocycles. The summed E-state index contributed by atoms with van der Waals surface area (Å²) < 4.78 is 2.32. The fraction of sp³-hybridized carbons (Fsp3) is 0.500. The lowest BCUT2D eigenvalue weighted by atomic mass is 10.1. The van der Waals surface area contributed by atoms with Crippen LogP contribution in [0.25, 0.3) is 0 Å². The van der Waals surface area contributed by atoms with E-state index in [4.69, 9.17) is 0 Å². The molecule has 1 fully saturated rings. The molecule has 0 radical (unpaired) electrons. The Hall–Kier alpha value is -1.75. The normalized spacial score (nSPS) is 29.0. The van der Waals surface area contributed by atoms with Crippen LogP contribution in [-0.4, -0.2) is 26.3 Å². The Bertz CT molecular complexity index is 591. The minimum Gasteiger partial charge on any atom is -0.312 e. The van der Waals surface area contributed by atoms with Gasteiger partial charge in [-0.1, -0.05) is 6.92 Å². The second-order valence-electron chi connectivity index (χ2n) is 5.56. The van der Waals surface area contributed by atoms with E-state index in [2.05, 4.69) is 32.0 Å². The summed E-state index contributed by atoms with van der Waals surface area (Å²) in [5.41, 5.74) is 1.21. The van der Waals surface area contributed by atoms with Crippen molar-refractivity contribution in [3.05, 3.63) is 41.7 Å². The molecule has 1 aliphatic heterocycles. The molecule has 5 heteroatoms. The Morgan fingerprint density at radius 2 is 1.95 bits per heavy atom. The molecule has 1 aliphatic carbocycles. The van der Waals surface area contributed by atoms with Gasteiger partial charge in [0.25, 0.3) is 0 Å². The largest absolute Gasteiger partial charge is 0.312 e. The Morgan fingerprint density at radius 1 is 1.21 bits per heavy atom. The molecule has 0 bridgehead atoms. The first-order valence-corrected chi connectivity index (χ1v) is 6.91. The summed E-state index contributed by atoms with van der Waals surface area (Å²) in [7, 11) is 0. The van der Waals surface area contributed by atoms with Crippen molar-refractivity contribution in [3.8, 4) is 0 Å². The number of nitrogens with one attached hydrogen (secondary N) is 1. The van der Waals surface area contributed by atoms with Crippen LogP contribution in [0.1, 0.15) is 42.5 Å². The van der Waals surface area contributed by atoms with Crippen LogP contribution in [0.15, 0.2) is 24.5 Å². The molecule has 1 saturated carbocycles. The van der Waals surface area contributed by atoms with Gasteiger partial charge in [-0.3, -0.25) is 4.98 Å². The molecule has 19 heavy (non-hydrogen) atoms. The van der Waals surface area contributed by atoms with Gasteiger partial charge in [0.1, 0.15) is 5.82 Å². The molecule has 1 N–H and O–H groups in total. The van der Waals surface area contributed by atoms with Gasteiger partial charge in [0, 0.05) is 31.4 Å². The van der Waals surface area contributed by atoms with Crippen molar-refractivity contribution in [3.63, 3.8) is 0 Å². The van der Waals surface area contributed by atoms with Crippen LogP contribution in [0, 0.1) is 5.92 Å². The van der Waals surface area contributed by atoms with Crippen molar-refractivity contribution in [2.24, 2.45) is 5.92 Å². The van der Waals surface area contributed by atoms with Crippen molar-refractivity contribution in [2.45, 2.75) is 31.8 Å². The molecule has 5 nitrogen and oxygen atoms in total. The zero-order valence-electron chi connectivity index (χ0n) is 11.0. The van der Waals surface area contributed by atoms with Crippen LogP contribution in [0.3, 0.4) is 0 Å². The fourth-order valence-corrected chi connectivity index (χ4v) is 2.96. The number of hydrogen-bond donors (Lipinski definition) is 1. The molecule has 0 amide bonds. The lowest BCUT2D eigenvalue weighted by Gasteiger charge is -2.25. The molecule has 0 saturated heterocycles. The Balaban J connectivity index is 1.74. The van der Waals surface area contributed by atoms with Gasteiger partial charge >= 0.3 is 0 Å². The summed E-state index contributed by atoms with van der Waals surface area (Å²) in [6, 6.07) is 4.23. The minimum absolute atomic E-state index is 0.145. The van der Waals surface area contributed by atoms with Crippen molar-refractivity contribution in [2.75, 3.05) is 6.54 Å². The minimum atomic E-state index is 0.145. The highest BCUT2D eigenvalue weighted by molar-refractivity contribution is 5.25. The number of aromatic nitrogens is 4. The van der Waals surface area contributed by atoms with E-state index in [1.165, 1.54) is 17.8 Å². The molecular weight excluding hydrogens is 238 g/mol. The lowest BCUT2D eigenvalue weighted by Crippen LogP contribution is -2.34. The fourth-order valence-electron chi connectivity index (χ4n) is 2.96. The zero-order chi connectivity index (χ0) is 12.8. The average Bonchev–Trinajstić information content (AvgIpc) is 3.02. The number of rotatable bonds is 2. The van der Waals surface area contributed by atoms with Gasteiger partial charge in [-0.25, -0.2) is 0 Å². The van der Waals surface area contributed by atoms with Crippen molar-refractivity contribution >= 4 is 0 Å². The first kappa shape index (κ1) is 11.1. The predicted molar refractivity (Wildman–Crippen MR) is 70.6 cm³/mol. The van der Waals surface area contributed by atoms with Crippen molar-refractivity contribution in [1.82, 2.24) is 25.1 Å². The Morgan fingerprint density at radius 3 is 2.68 bits per heavy atom. The number of fused-ring (bicyclic) bond motifs is 1.